The minimum atomic E-state index is -0.319. The highest BCUT2D eigenvalue weighted by molar-refractivity contribution is 5.92. The number of aromatic nitrogens is 1. The smallest absolute Gasteiger partial charge is 0.227 e. The van der Waals surface area contributed by atoms with Crippen LogP contribution in [0.1, 0.15) is 44.1 Å². The Balaban J connectivity index is 1.40. The van der Waals surface area contributed by atoms with Crippen molar-refractivity contribution >= 4 is 22.5 Å². The summed E-state index contributed by atoms with van der Waals surface area (Å²) in [7, 11) is 0. The van der Waals surface area contributed by atoms with Crippen LogP contribution in [-0.4, -0.2) is 10.9 Å². The Morgan fingerprint density at radius 3 is 2.41 bits per heavy atom. The summed E-state index contributed by atoms with van der Waals surface area (Å²) in [5.74, 6) is -0.00594. The maximum Gasteiger partial charge on any atom is 0.227 e. The summed E-state index contributed by atoms with van der Waals surface area (Å²) < 4.78 is 26.5. The van der Waals surface area contributed by atoms with Crippen molar-refractivity contribution in [2.45, 2.75) is 38.5 Å². The highest BCUT2D eigenvalue weighted by Crippen LogP contribution is 2.40. The number of carbonyl (C=O) groups is 1. The van der Waals surface area contributed by atoms with Gasteiger partial charge in [0.2, 0.25) is 5.91 Å². The van der Waals surface area contributed by atoms with Gasteiger partial charge >= 0.3 is 0 Å². The van der Waals surface area contributed by atoms with Crippen LogP contribution in [0.4, 0.5) is 14.5 Å². The zero-order chi connectivity index (χ0) is 20.4. The number of benzene rings is 2. The Bertz CT molecular complexity index is 1010. The predicted molar refractivity (Wildman–Crippen MR) is 111 cm³/mol. The van der Waals surface area contributed by atoms with Crippen LogP contribution in [-0.2, 0) is 4.79 Å². The van der Waals surface area contributed by atoms with Crippen molar-refractivity contribution in [1.82, 2.24) is 4.98 Å². The molecule has 0 unspecified atom stereocenters. The third-order valence-corrected chi connectivity index (χ3v) is 6.18. The number of anilines is 1. The first-order valence-corrected chi connectivity index (χ1v) is 10.1. The van der Waals surface area contributed by atoms with Crippen LogP contribution in [0.2, 0.25) is 0 Å². The quantitative estimate of drug-likeness (QED) is 0.584. The van der Waals surface area contributed by atoms with Gasteiger partial charge in [0.05, 0.1) is 5.52 Å². The molecule has 0 bridgehead atoms. The molecule has 1 amide bonds. The molecule has 1 fully saturated rings. The van der Waals surface area contributed by atoms with Crippen molar-refractivity contribution in [3.63, 3.8) is 0 Å². The number of hydrogen-bond acceptors (Lipinski definition) is 2. The van der Waals surface area contributed by atoms with Crippen LogP contribution >= 0.6 is 0 Å². The van der Waals surface area contributed by atoms with Gasteiger partial charge < -0.3 is 5.32 Å². The Morgan fingerprint density at radius 2 is 1.69 bits per heavy atom. The number of nitrogens with zero attached hydrogens (tertiary/aromatic N) is 1. The van der Waals surface area contributed by atoms with Crippen molar-refractivity contribution in [2.24, 2.45) is 11.8 Å². The Hall–Kier alpha value is -2.82. The van der Waals surface area contributed by atoms with Crippen molar-refractivity contribution < 1.29 is 13.6 Å². The molecule has 1 aliphatic carbocycles. The standard InChI is InChI=1S/C24H24F2N2O/c1-15(24(29)28-20-9-6-18(25)7-10-20)16-2-4-17(5-3-16)21-12-13-27-23-14-19(26)8-11-22(21)23/h6-17H,2-5H2,1H3,(H,28,29)/t15-,16?,17?/m1/s1. The number of hydrogen-bond donors (Lipinski definition) is 1. The Kier molecular flexibility index (Phi) is 5.56. The van der Waals surface area contributed by atoms with E-state index in [9.17, 15) is 13.6 Å². The van der Waals surface area contributed by atoms with Crippen LogP contribution in [0.5, 0.6) is 0 Å². The first-order chi connectivity index (χ1) is 14.0. The molecule has 1 aromatic heterocycles. The van der Waals surface area contributed by atoms with Crippen molar-refractivity contribution in [2.75, 3.05) is 5.32 Å². The second-order valence-corrected chi connectivity index (χ2v) is 7.96. The summed E-state index contributed by atoms with van der Waals surface area (Å²) in [6.07, 6.45) is 5.67. The summed E-state index contributed by atoms with van der Waals surface area (Å²) >= 11 is 0. The summed E-state index contributed by atoms with van der Waals surface area (Å²) in [5, 5.41) is 3.90. The lowest BCUT2D eigenvalue weighted by Gasteiger charge is -2.32. The van der Waals surface area contributed by atoms with Gasteiger partial charge in [0.1, 0.15) is 11.6 Å². The van der Waals surface area contributed by atoms with Gasteiger partial charge in [0.15, 0.2) is 0 Å². The molecule has 0 aliphatic heterocycles. The molecule has 3 aromatic rings. The van der Waals surface area contributed by atoms with Gasteiger partial charge in [0, 0.05) is 29.3 Å². The van der Waals surface area contributed by atoms with Crippen LogP contribution in [0.3, 0.4) is 0 Å². The van der Waals surface area contributed by atoms with Crippen LogP contribution in [0.25, 0.3) is 10.9 Å². The second-order valence-electron chi connectivity index (χ2n) is 7.96. The molecule has 1 saturated carbocycles. The molecule has 29 heavy (non-hydrogen) atoms. The molecule has 0 spiro atoms. The maximum absolute atomic E-state index is 13.5. The van der Waals surface area contributed by atoms with E-state index in [2.05, 4.69) is 10.3 Å². The van der Waals surface area contributed by atoms with E-state index in [4.69, 9.17) is 0 Å². The zero-order valence-corrected chi connectivity index (χ0v) is 16.4. The number of halogens is 2. The van der Waals surface area contributed by atoms with Gasteiger partial charge in [-0.3, -0.25) is 9.78 Å². The fourth-order valence-corrected chi connectivity index (χ4v) is 4.43. The number of pyridine rings is 1. The molecular formula is C24H24F2N2O. The van der Waals surface area contributed by atoms with E-state index in [-0.39, 0.29) is 23.5 Å². The predicted octanol–water partition coefficient (Wildman–Crippen LogP) is 6.06. The highest BCUT2D eigenvalue weighted by Gasteiger charge is 2.30. The molecule has 4 rings (SSSR count). The molecule has 0 saturated heterocycles. The minimum absolute atomic E-state index is 0.0232. The maximum atomic E-state index is 13.5. The van der Waals surface area contributed by atoms with E-state index < -0.39 is 0 Å². The SMILES string of the molecule is C[C@@H](C(=O)Nc1ccc(F)cc1)C1CCC(c2ccnc3cc(F)ccc23)CC1. The Labute approximate surface area is 169 Å². The van der Waals surface area contributed by atoms with Gasteiger partial charge in [-0.05, 0) is 85.5 Å². The highest BCUT2D eigenvalue weighted by atomic mass is 19.1. The number of rotatable bonds is 4. The second kappa shape index (κ2) is 8.27. The van der Waals surface area contributed by atoms with Crippen molar-refractivity contribution in [3.8, 4) is 0 Å². The summed E-state index contributed by atoms with van der Waals surface area (Å²) in [6.45, 7) is 1.97. The topological polar surface area (TPSA) is 42.0 Å². The van der Waals surface area contributed by atoms with E-state index in [0.717, 1.165) is 31.1 Å². The molecule has 5 heteroatoms. The van der Waals surface area contributed by atoms with E-state index in [1.54, 1.807) is 18.3 Å². The Morgan fingerprint density at radius 1 is 1.00 bits per heavy atom. The number of amides is 1. The molecule has 1 atom stereocenters. The fourth-order valence-electron chi connectivity index (χ4n) is 4.43. The van der Waals surface area contributed by atoms with E-state index in [0.29, 0.717) is 23.0 Å². The molecule has 150 valence electrons. The third-order valence-electron chi connectivity index (χ3n) is 6.18. The first kappa shape index (κ1) is 19.5. The molecule has 2 aromatic carbocycles. The monoisotopic (exact) mass is 394 g/mol. The van der Waals surface area contributed by atoms with E-state index in [1.807, 2.05) is 19.1 Å². The summed E-state index contributed by atoms with van der Waals surface area (Å²) in [6, 6.07) is 12.7. The van der Waals surface area contributed by atoms with Gasteiger partial charge in [-0.25, -0.2) is 8.78 Å². The number of fused-ring (bicyclic) bond motifs is 1. The van der Waals surface area contributed by atoms with E-state index >= 15 is 0 Å². The molecule has 1 N–H and O–H groups in total. The normalized spacial score (nSPS) is 20.4. The molecule has 3 nitrogen and oxygen atoms in total. The molecule has 1 heterocycles. The minimum Gasteiger partial charge on any atom is -0.326 e. The largest absolute Gasteiger partial charge is 0.326 e. The number of nitrogens with one attached hydrogen (secondary N) is 1. The summed E-state index contributed by atoms with van der Waals surface area (Å²) in [5.41, 5.74) is 2.53. The van der Waals surface area contributed by atoms with Gasteiger partial charge in [0.25, 0.3) is 0 Å². The van der Waals surface area contributed by atoms with Crippen molar-refractivity contribution in [1.29, 1.82) is 0 Å². The average molecular weight is 394 g/mol. The fraction of sp³-hybridized carbons (Fsp3) is 0.333. The average Bonchev–Trinajstić information content (AvgIpc) is 2.74. The van der Waals surface area contributed by atoms with Crippen LogP contribution in [0.15, 0.2) is 54.7 Å². The number of carbonyl (C=O) groups excluding carboxylic acids is 1. The summed E-state index contributed by atoms with van der Waals surface area (Å²) in [4.78, 5) is 16.9. The first-order valence-electron chi connectivity index (χ1n) is 10.1. The lowest BCUT2D eigenvalue weighted by molar-refractivity contribution is -0.121. The third kappa shape index (κ3) is 4.29. The van der Waals surface area contributed by atoms with Crippen molar-refractivity contribution in [3.05, 3.63) is 71.9 Å². The van der Waals surface area contributed by atoms with Crippen LogP contribution in [0, 0.1) is 23.5 Å². The van der Waals surface area contributed by atoms with E-state index in [1.165, 1.54) is 29.8 Å². The molecule has 1 aliphatic rings. The zero-order valence-electron chi connectivity index (χ0n) is 16.4. The van der Waals surface area contributed by atoms with Crippen LogP contribution < -0.4 is 5.32 Å². The molecule has 0 radical (unpaired) electrons. The van der Waals surface area contributed by atoms with Gasteiger partial charge in [-0.1, -0.05) is 6.92 Å². The van der Waals surface area contributed by atoms with Gasteiger partial charge in [-0.15, -0.1) is 0 Å². The lowest BCUT2D eigenvalue weighted by Crippen LogP contribution is -2.29. The van der Waals surface area contributed by atoms with Gasteiger partial charge in [-0.2, -0.15) is 0 Å². The molecular weight excluding hydrogens is 370 g/mol. The lowest BCUT2D eigenvalue weighted by atomic mass is 9.73.